The molecule has 6 heteroatoms. The van der Waals surface area contributed by atoms with Gasteiger partial charge in [-0.05, 0) is 55.0 Å². The number of nitrogens with zero attached hydrogens (tertiary/aromatic N) is 3. The highest BCUT2D eigenvalue weighted by Crippen LogP contribution is 2.24. The average Bonchev–Trinajstić information content (AvgIpc) is 3.15. The number of anilines is 1. The fraction of sp³-hybridized carbons (Fsp3) is 0.417. The normalized spacial score (nSPS) is 17.5. The van der Waals surface area contributed by atoms with Crippen LogP contribution in [0.25, 0.3) is 0 Å². The van der Waals surface area contributed by atoms with Crippen molar-refractivity contribution < 1.29 is 14.3 Å². The van der Waals surface area contributed by atoms with Crippen molar-refractivity contribution in [2.45, 2.75) is 19.3 Å². The zero-order valence-corrected chi connectivity index (χ0v) is 17.5. The van der Waals surface area contributed by atoms with E-state index in [0.29, 0.717) is 19.0 Å². The number of ether oxygens (including phenoxy) is 1. The molecule has 0 radical (unpaired) electrons. The van der Waals surface area contributed by atoms with Gasteiger partial charge in [0.2, 0.25) is 5.91 Å². The molecule has 2 fully saturated rings. The number of urea groups is 1. The predicted octanol–water partition coefficient (Wildman–Crippen LogP) is 3.42. The molecule has 2 aromatic carbocycles. The molecule has 4 rings (SSSR count). The highest BCUT2D eigenvalue weighted by atomic mass is 16.5. The number of likely N-dealkylation sites (tertiary alicyclic amines) is 1. The van der Waals surface area contributed by atoms with Gasteiger partial charge in [0.25, 0.3) is 0 Å². The number of methoxy groups -OCH3 is 1. The number of hydrogen-bond acceptors (Lipinski definition) is 3. The molecule has 0 spiro atoms. The molecule has 0 saturated carbocycles. The standard InChI is InChI=1S/C24H29N3O3/c1-30-22-9-7-21(8-10-22)27-16-15-26(24(27)29)18-23(28)25-13-11-20(12-14-25)17-19-5-3-2-4-6-19/h2-10,20H,11-18H2,1H3. The highest BCUT2D eigenvalue weighted by molar-refractivity contribution is 5.96. The smallest absolute Gasteiger partial charge is 0.325 e. The lowest BCUT2D eigenvalue weighted by Gasteiger charge is -2.33. The minimum Gasteiger partial charge on any atom is -0.497 e. The first kappa shape index (κ1) is 20.3. The summed E-state index contributed by atoms with van der Waals surface area (Å²) in [6.45, 7) is 2.88. The Kier molecular flexibility index (Phi) is 6.21. The van der Waals surface area contributed by atoms with Gasteiger partial charge in [0.05, 0.1) is 7.11 Å². The number of amides is 3. The Morgan fingerprint density at radius 2 is 1.67 bits per heavy atom. The van der Waals surface area contributed by atoms with Gasteiger partial charge in [0.15, 0.2) is 0 Å². The summed E-state index contributed by atoms with van der Waals surface area (Å²) < 4.78 is 5.18. The Hall–Kier alpha value is -3.02. The number of carbonyl (C=O) groups is 2. The molecule has 0 aliphatic carbocycles. The zero-order valence-electron chi connectivity index (χ0n) is 17.5. The van der Waals surface area contributed by atoms with Crippen LogP contribution in [0.15, 0.2) is 54.6 Å². The first-order valence-electron chi connectivity index (χ1n) is 10.7. The highest BCUT2D eigenvalue weighted by Gasteiger charge is 2.32. The summed E-state index contributed by atoms with van der Waals surface area (Å²) in [6, 6.07) is 17.9. The molecule has 158 valence electrons. The first-order valence-corrected chi connectivity index (χ1v) is 10.7. The van der Waals surface area contributed by atoms with E-state index in [1.165, 1.54) is 5.56 Å². The van der Waals surface area contributed by atoms with Crippen LogP contribution in [0.1, 0.15) is 18.4 Å². The van der Waals surface area contributed by atoms with Crippen molar-refractivity contribution in [3.8, 4) is 5.75 Å². The first-order chi connectivity index (χ1) is 14.6. The Morgan fingerprint density at radius 3 is 2.33 bits per heavy atom. The Morgan fingerprint density at radius 1 is 0.967 bits per heavy atom. The van der Waals surface area contributed by atoms with Gasteiger partial charge in [-0.1, -0.05) is 30.3 Å². The van der Waals surface area contributed by atoms with Crippen LogP contribution in [-0.4, -0.2) is 61.6 Å². The van der Waals surface area contributed by atoms with Crippen LogP contribution in [0.5, 0.6) is 5.75 Å². The third-order valence-corrected chi connectivity index (χ3v) is 6.14. The Bertz CT molecular complexity index is 861. The van der Waals surface area contributed by atoms with Crippen molar-refractivity contribution >= 4 is 17.6 Å². The van der Waals surface area contributed by atoms with Crippen molar-refractivity contribution in [2.24, 2.45) is 5.92 Å². The summed E-state index contributed by atoms with van der Waals surface area (Å²) >= 11 is 0. The third-order valence-electron chi connectivity index (χ3n) is 6.14. The summed E-state index contributed by atoms with van der Waals surface area (Å²) in [6.07, 6.45) is 3.11. The molecule has 0 atom stereocenters. The monoisotopic (exact) mass is 407 g/mol. The van der Waals surface area contributed by atoms with E-state index in [0.717, 1.165) is 43.8 Å². The summed E-state index contributed by atoms with van der Waals surface area (Å²) in [5, 5.41) is 0. The average molecular weight is 408 g/mol. The molecule has 2 aliphatic rings. The van der Waals surface area contributed by atoms with Crippen LogP contribution < -0.4 is 9.64 Å². The second-order valence-electron chi connectivity index (χ2n) is 8.07. The fourth-order valence-corrected chi connectivity index (χ4v) is 4.33. The van der Waals surface area contributed by atoms with E-state index in [1.807, 2.05) is 35.2 Å². The fourth-order valence-electron chi connectivity index (χ4n) is 4.33. The lowest BCUT2D eigenvalue weighted by molar-refractivity contribution is -0.133. The van der Waals surface area contributed by atoms with Crippen LogP contribution in [-0.2, 0) is 11.2 Å². The van der Waals surface area contributed by atoms with Gasteiger partial charge in [0, 0.05) is 31.9 Å². The van der Waals surface area contributed by atoms with E-state index < -0.39 is 0 Å². The van der Waals surface area contributed by atoms with E-state index in [1.54, 1.807) is 16.9 Å². The van der Waals surface area contributed by atoms with Gasteiger partial charge in [-0.3, -0.25) is 9.69 Å². The van der Waals surface area contributed by atoms with Gasteiger partial charge in [-0.15, -0.1) is 0 Å². The van der Waals surface area contributed by atoms with Crippen molar-refractivity contribution in [3.05, 3.63) is 60.2 Å². The van der Waals surface area contributed by atoms with Gasteiger partial charge >= 0.3 is 6.03 Å². The molecular weight excluding hydrogens is 378 g/mol. The Labute approximate surface area is 178 Å². The van der Waals surface area contributed by atoms with E-state index >= 15 is 0 Å². The SMILES string of the molecule is COc1ccc(N2CCN(CC(=O)N3CCC(Cc4ccccc4)CC3)C2=O)cc1. The topological polar surface area (TPSA) is 53.1 Å². The molecule has 0 N–H and O–H groups in total. The number of piperidine rings is 1. The third kappa shape index (κ3) is 4.58. The van der Waals surface area contributed by atoms with Crippen molar-refractivity contribution in [1.29, 1.82) is 0 Å². The lowest BCUT2D eigenvalue weighted by Crippen LogP contribution is -2.45. The van der Waals surface area contributed by atoms with Gasteiger partial charge in [-0.25, -0.2) is 4.79 Å². The molecule has 2 heterocycles. The zero-order chi connectivity index (χ0) is 20.9. The number of benzene rings is 2. The van der Waals surface area contributed by atoms with E-state index in [2.05, 4.69) is 24.3 Å². The minimum atomic E-state index is -0.104. The molecule has 2 aromatic rings. The maximum Gasteiger partial charge on any atom is 0.325 e. The molecule has 30 heavy (non-hydrogen) atoms. The quantitative estimate of drug-likeness (QED) is 0.737. The largest absolute Gasteiger partial charge is 0.497 e. The molecule has 0 aromatic heterocycles. The summed E-state index contributed by atoms with van der Waals surface area (Å²) in [5.74, 6) is 1.43. The van der Waals surface area contributed by atoms with E-state index in [9.17, 15) is 9.59 Å². The summed E-state index contributed by atoms with van der Waals surface area (Å²) in [4.78, 5) is 30.9. The predicted molar refractivity (Wildman–Crippen MR) is 117 cm³/mol. The molecular formula is C24H29N3O3. The van der Waals surface area contributed by atoms with Crippen LogP contribution >= 0.6 is 0 Å². The maximum atomic E-state index is 12.8. The maximum absolute atomic E-state index is 12.8. The van der Waals surface area contributed by atoms with Gasteiger partial charge in [0.1, 0.15) is 12.3 Å². The van der Waals surface area contributed by atoms with Crippen molar-refractivity contribution in [2.75, 3.05) is 44.7 Å². The number of rotatable bonds is 6. The second kappa shape index (κ2) is 9.20. The molecule has 0 unspecified atom stereocenters. The van der Waals surface area contributed by atoms with Crippen molar-refractivity contribution in [1.82, 2.24) is 9.80 Å². The molecule has 2 saturated heterocycles. The van der Waals surface area contributed by atoms with E-state index in [4.69, 9.17) is 4.74 Å². The van der Waals surface area contributed by atoms with Crippen LogP contribution in [0.4, 0.5) is 10.5 Å². The Balaban J connectivity index is 1.26. The minimum absolute atomic E-state index is 0.0538. The number of carbonyl (C=O) groups excluding carboxylic acids is 2. The molecule has 2 aliphatic heterocycles. The van der Waals surface area contributed by atoms with Crippen LogP contribution in [0, 0.1) is 5.92 Å². The summed E-state index contributed by atoms with van der Waals surface area (Å²) in [5.41, 5.74) is 2.20. The summed E-state index contributed by atoms with van der Waals surface area (Å²) in [7, 11) is 1.62. The second-order valence-corrected chi connectivity index (χ2v) is 8.07. The van der Waals surface area contributed by atoms with Gasteiger partial charge in [-0.2, -0.15) is 0 Å². The van der Waals surface area contributed by atoms with Crippen LogP contribution in [0.3, 0.4) is 0 Å². The number of hydrogen-bond donors (Lipinski definition) is 0. The van der Waals surface area contributed by atoms with Crippen LogP contribution in [0.2, 0.25) is 0 Å². The lowest BCUT2D eigenvalue weighted by atomic mass is 9.90. The molecule has 3 amide bonds. The molecule has 0 bridgehead atoms. The van der Waals surface area contributed by atoms with E-state index in [-0.39, 0.29) is 18.5 Å². The van der Waals surface area contributed by atoms with Gasteiger partial charge < -0.3 is 14.5 Å². The van der Waals surface area contributed by atoms with Crippen molar-refractivity contribution in [3.63, 3.8) is 0 Å². The molecule has 6 nitrogen and oxygen atoms in total.